The number of aryl methyl sites for hydroxylation is 1. The van der Waals surface area contributed by atoms with Crippen molar-refractivity contribution in [3.8, 4) is 0 Å². The minimum atomic E-state index is -0.255. The number of benzene rings is 2. The molecule has 0 radical (unpaired) electrons. The van der Waals surface area contributed by atoms with Crippen molar-refractivity contribution in [1.82, 2.24) is 19.9 Å². The first-order valence-corrected chi connectivity index (χ1v) is 11.2. The Hall–Kier alpha value is -3.58. The number of anilines is 3. The van der Waals surface area contributed by atoms with Gasteiger partial charge in [0.15, 0.2) is 0 Å². The van der Waals surface area contributed by atoms with Crippen LogP contribution in [0.2, 0.25) is 0 Å². The number of likely N-dealkylation sites (N-methyl/N-ethyl adjacent to an activating group) is 1. The molecule has 1 aliphatic rings. The Labute approximate surface area is 193 Å². The zero-order valence-electron chi connectivity index (χ0n) is 18.9. The fourth-order valence-corrected chi connectivity index (χ4v) is 4.21. The van der Waals surface area contributed by atoms with Crippen LogP contribution in [0, 0.1) is 12.7 Å². The number of hydrogen-bond donors (Lipinski definition) is 1. The lowest BCUT2D eigenvalue weighted by Crippen LogP contribution is -2.44. The molecule has 5 rings (SSSR count). The van der Waals surface area contributed by atoms with E-state index < -0.39 is 0 Å². The van der Waals surface area contributed by atoms with Gasteiger partial charge in [0.1, 0.15) is 17.5 Å². The summed E-state index contributed by atoms with van der Waals surface area (Å²) < 4.78 is 13.9. The van der Waals surface area contributed by atoms with Crippen molar-refractivity contribution in [2.45, 2.75) is 13.3 Å². The maximum atomic E-state index is 13.9. The second-order valence-electron chi connectivity index (χ2n) is 8.54. The van der Waals surface area contributed by atoms with E-state index in [0.717, 1.165) is 43.1 Å². The van der Waals surface area contributed by atoms with E-state index in [-0.39, 0.29) is 5.82 Å². The van der Waals surface area contributed by atoms with Gasteiger partial charge >= 0.3 is 0 Å². The Morgan fingerprint density at radius 1 is 0.909 bits per heavy atom. The third kappa shape index (κ3) is 4.64. The number of piperazine rings is 1. The molecule has 6 nitrogen and oxygen atoms in total. The highest BCUT2D eigenvalue weighted by molar-refractivity contribution is 5.94. The zero-order valence-corrected chi connectivity index (χ0v) is 18.9. The van der Waals surface area contributed by atoms with Crippen molar-refractivity contribution in [3.05, 3.63) is 83.7 Å². The third-order valence-corrected chi connectivity index (χ3v) is 6.24. The SMILES string of the molecule is Cc1c(F)ccc2c(Nc3ccnc(Cc4ccc(N5CCN(C)CC5)cc4)n3)ccnc12. The molecule has 3 heterocycles. The monoisotopic (exact) mass is 442 g/mol. The number of nitrogens with zero attached hydrogens (tertiary/aromatic N) is 5. The summed E-state index contributed by atoms with van der Waals surface area (Å²) in [6.07, 6.45) is 4.10. The highest BCUT2D eigenvalue weighted by atomic mass is 19.1. The predicted octanol–water partition coefficient (Wildman–Crippen LogP) is 4.56. The van der Waals surface area contributed by atoms with Gasteiger partial charge in [-0.25, -0.2) is 14.4 Å². The Morgan fingerprint density at radius 2 is 1.67 bits per heavy atom. The van der Waals surface area contributed by atoms with E-state index in [1.807, 2.05) is 12.1 Å². The second-order valence-corrected chi connectivity index (χ2v) is 8.54. The number of nitrogens with one attached hydrogen (secondary N) is 1. The van der Waals surface area contributed by atoms with Gasteiger partial charge in [-0.1, -0.05) is 12.1 Å². The minimum absolute atomic E-state index is 0.255. The van der Waals surface area contributed by atoms with E-state index >= 15 is 0 Å². The normalized spacial score (nSPS) is 14.6. The van der Waals surface area contributed by atoms with E-state index in [1.165, 1.54) is 17.3 Å². The standard InChI is InChI=1S/C26H27FN6/c1-18-22(27)8-7-21-23(9-11-29-26(18)21)30-24-10-12-28-25(31-24)17-19-3-5-20(6-4-19)33-15-13-32(2)14-16-33/h3-12H,13-17H2,1-2H3,(H,28,29,30,31). The highest BCUT2D eigenvalue weighted by Crippen LogP contribution is 2.27. The molecule has 7 heteroatoms. The predicted molar refractivity (Wildman–Crippen MR) is 131 cm³/mol. The largest absolute Gasteiger partial charge is 0.369 e. The summed E-state index contributed by atoms with van der Waals surface area (Å²) in [5, 5.41) is 4.21. The molecule has 0 bridgehead atoms. The average molecular weight is 443 g/mol. The van der Waals surface area contributed by atoms with Gasteiger partial charge < -0.3 is 15.1 Å². The quantitative estimate of drug-likeness (QED) is 0.489. The Morgan fingerprint density at radius 3 is 2.45 bits per heavy atom. The molecule has 1 aliphatic heterocycles. The Kier molecular flexibility index (Phi) is 5.88. The lowest BCUT2D eigenvalue weighted by atomic mass is 10.1. The molecule has 0 aliphatic carbocycles. The number of aromatic nitrogens is 3. The summed E-state index contributed by atoms with van der Waals surface area (Å²) in [6.45, 7) is 6.05. The van der Waals surface area contributed by atoms with E-state index in [4.69, 9.17) is 4.98 Å². The number of pyridine rings is 1. The van der Waals surface area contributed by atoms with Crippen molar-refractivity contribution < 1.29 is 4.39 Å². The first-order valence-electron chi connectivity index (χ1n) is 11.2. The molecular weight excluding hydrogens is 415 g/mol. The fraction of sp³-hybridized carbons (Fsp3) is 0.269. The van der Waals surface area contributed by atoms with Gasteiger partial charge in [-0.15, -0.1) is 0 Å². The maximum absolute atomic E-state index is 13.9. The fourth-order valence-electron chi connectivity index (χ4n) is 4.21. The van der Waals surface area contributed by atoms with Crippen molar-refractivity contribution >= 4 is 28.1 Å². The Bertz CT molecular complexity index is 1270. The molecule has 0 atom stereocenters. The molecular formula is C26H27FN6. The van der Waals surface area contributed by atoms with Gasteiger partial charge in [0.2, 0.25) is 0 Å². The third-order valence-electron chi connectivity index (χ3n) is 6.24. The average Bonchev–Trinajstić information content (AvgIpc) is 2.83. The van der Waals surface area contributed by atoms with Crippen LogP contribution in [0.1, 0.15) is 17.0 Å². The zero-order chi connectivity index (χ0) is 22.8. The molecule has 1 N–H and O–H groups in total. The van der Waals surface area contributed by atoms with E-state index in [0.29, 0.717) is 23.3 Å². The first-order chi connectivity index (χ1) is 16.1. The summed E-state index contributed by atoms with van der Waals surface area (Å²) in [5.74, 6) is 1.19. The van der Waals surface area contributed by atoms with Crippen LogP contribution in [0.15, 0.2) is 60.9 Å². The van der Waals surface area contributed by atoms with Crippen molar-refractivity contribution in [1.29, 1.82) is 0 Å². The summed E-state index contributed by atoms with van der Waals surface area (Å²) in [6, 6.07) is 15.6. The van der Waals surface area contributed by atoms with Crippen molar-refractivity contribution in [3.63, 3.8) is 0 Å². The molecule has 168 valence electrons. The van der Waals surface area contributed by atoms with Crippen LogP contribution in [-0.2, 0) is 6.42 Å². The molecule has 0 spiro atoms. The Balaban J connectivity index is 1.31. The van der Waals surface area contributed by atoms with Crippen LogP contribution in [0.3, 0.4) is 0 Å². The van der Waals surface area contributed by atoms with Crippen LogP contribution < -0.4 is 10.2 Å². The summed E-state index contributed by atoms with van der Waals surface area (Å²) in [4.78, 5) is 18.3. The molecule has 1 fully saturated rings. The van der Waals surface area contributed by atoms with E-state index in [9.17, 15) is 4.39 Å². The van der Waals surface area contributed by atoms with Crippen LogP contribution in [0.25, 0.3) is 10.9 Å². The molecule has 2 aromatic carbocycles. The van der Waals surface area contributed by atoms with Crippen molar-refractivity contribution in [2.75, 3.05) is 43.4 Å². The lowest BCUT2D eigenvalue weighted by molar-refractivity contribution is 0.313. The van der Waals surface area contributed by atoms with Gasteiger partial charge in [-0.2, -0.15) is 0 Å². The van der Waals surface area contributed by atoms with Gasteiger partial charge in [-0.3, -0.25) is 4.98 Å². The molecule has 1 saturated heterocycles. The summed E-state index contributed by atoms with van der Waals surface area (Å²) >= 11 is 0. The maximum Gasteiger partial charge on any atom is 0.135 e. The summed E-state index contributed by atoms with van der Waals surface area (Å²) in [5.41, 5.74) is 4.46. The van der Waals surface area contributed by atoms with Crippen LogP contribution in [-0.4, -0.2) is 53.1 Å². The van der Waals surface area contributed by atoms with Crippen LogP contribution in [0.4, 0.5) is 21.6 Å². The second kappa shape index (κ2) is 9.11. The van der Waals surface area contributed by atoms with E-state index in [1.54, 1.807) is 25.4 Å². The van der Waals surface area contributed by atoms with Crippen molar-refractivity contribution in [2.24, 2.45) is 0 Å². The minimum Gasteiger partial charge on any atom is -0.369 e. The topological polar surface area (TPSA) is 57.2 Å². The highest BCUT2D eigenvalue weighted by Gasteiger charge is 2.14. The first kappa shape index (κ1) is 21.3. The molecule has 4 aromatic rings. The van der Waals surface area contributed by atoms with E-state index in [2.05, 4.69) is 56.4 Å². The molecule has 0 amide bonds. The van der Waals surface area contributed by atoms with Gasteiger partial charge in [-0.05, 0) is 55.9 Å². The molecule has 0 unspecified atom stereocenters. The number of fused-ring (bicyclic) bond motifs is 1. The number of hydrogen-bond acceptors (Lipinski definition) is 6. The molecule has 2 aromatic heterocycles. The van der Waals surface area contributed by atoms with Gasteiger partial charge in [0.25, 0.3) is 0 Å². The van der Waals surface area contributed by atoms with Gasteiger partial charge in [0, 0.05) is 61.6 Å². The molecule has 33 heavy (non-hydrogen) atoms. The number of rotatable bonds is 5. The lowest BCUT2D eigenvalue weighted by Gasteiger charge is -2.34. The van der Waals surface area contributed by atoms with Gasteiger partial charge in [0.05, 0.1) is 11.2 Å². The number of halogens is 1. The smallest absolute Gasteiger partial charge is 0.135 e. The van der Waals surface area contributed by atoms with Crippen LogP contribution in [0.5, 0.6) is 0 Å². The summed E-state index contributed by atoms with van der Waals surface area (Å²) in [7, 11) is 2.17. The van der Waals surface area contributed by atoms with Crippen LogP contribution >= 0.6 is 0 Å². The molecule has 0 saturated carbocycles.